The second-order valence-corrected chi connectivity index (χ2v) is 6.95. The maximum atomic E-state index is 13.5. The van der Waals surface area contributed by atoms with Crippen LogP contribution in [-0.4, -0.2) is 21.7 Å². The maximum Gasteiger partial charge on any atom is 0.262 e. The number of aromatic nitrogens is 1. The molecule has 1 aromatic heterocycles. The molecule has 29 heavy (non-hydrogen) atoms. The van der Waals surface area contributed by atoms with Gasteiger partial charge < -0.3 is 0 Å². The first-order chi connectivity index (χ1) is 14.1. The molecule has 4 aromatic rings. The minimum absolute atomic E-state index is 0.175. The number of benzene rings is 3. The molecule has 0 spiro atoms. The molecule has 0 radical (unpaired) electrons. The van der Waals surface area contributed by atoms with Crippen LogP contribution in [0.4, 0.5) is 4.39 Å². The van der Waals surface area contributed by atoms with E-state index in [1.165, 1.54) is 17.0 Å². The number of carbonyl (C=O) groups is 2. The van der Waals surface area contributed by atoms with E-state index in [1.807, 2.05) is 24.3 Å². The van der Waals surface area contributed by atoms with Gasteiger partial charge in [0.2, 0.25) is 0 Å². The van der Waals surface area contributed by atoms with Gasteiger partial charge in [-0.2, -0.15) is 0 Å². The topological polar surface area (TPSA) is 50.3 Å². The summed E-state index contributed by atoms with van der Waals surface area (Å²) in [4.78, 5) is 31.7. The number of imide groups is 1. The molecular weight excluding hydrogens is 367 g/mol. The van der Waals surface area contributed by atoms with Crippen molar-refractivity contribution in [1.29, 1.82) is 0 Å². The van der Waals surface area contributed by atoms with Crippen LogP contribution in [0.15, 0.2) is 79.1 Å². The molecule has 0 N–H and O–H groups in total. The SMILES string of the molecule is O=C1c2cc3ccccc3c(-c3ccc(F)cc3)c2C(=O)N1Cc1ccncc1. The largest absolute Gasteiger partial charge is 0.270 e. The first kappa shape index (κ1) is 17.3. The summed E-state index contributed by atoms with van der Waals surface area (Å²) in [6.45, 7) is 0.175. The Balaban J connectivity index is 1.72. The molecule has 0 saturated carbocycles. The van der Waals surface area contributed by atoms with Crippen LogP contribution in [0.5, 0.6) is 0 Å². The average molecular weight is 382 g/mol. The van der Waals surface area contributed by atoms with Gasteiger partial charge in [-0.1, -0.05) is 36.4 Å². The smallest absolute Gasteiger partial charge is 0.262 e. The van der Waals surface area contributed by atoms with E-state index in [1.54, 1.807) is 42.7 Å². The molecule has 4 nitrogen and oxygen atoms in total. The van der Waals surface area contributed by atoms with Crippen LogP contribution in [0.25, 0.3) is 21.9 Å². The Labute approximate surface area is 166 Å². The summed E-state index contributed by atoms with van der Waals surface area (Å²) in [5, 5.41) is 1.71. The van der Waals surface area contributed by atoms with Gasteiger partial charge in [-0.15, -0.1) is 0 Å². The lowest BCUT2D eigenvalue weighted by atomic mass is 9.90. The zero-order valence-electron chi connectivity index (χ0n) is 15.3. The fourth-order valence-electron chi connectivity index (χ4n) is 3.84. The molecule has 5 heteroatoms. The number of halogens is 1. The van der Waals surface area contributed by atoms with Crippen molar-refractivity contribution >= 4 is 22.6 Å². The van der Waals surface area contributed by atoms with E-state index in [4.69, 9.17) is 0 Å². The van der Waals surface area contributed by atoms with Crippen LogP contribution in [0.1, 0.15) is 26.3 Å². The molecule has 0 unspecified atom stereocenters. The third-order valence-corrected chi connectivity index (χ3v) is 5.21. The number of fused-ring (bicyclic) bond motifs is 2. The summed E-state index contributed by atoms with van der Waals surface area (Å²) in [6.07, 6.45) is 3.26. The van der Waals surface area contributed by atoms with Gasteiger partial charge in [-0.3, -0.25) is 19.5 Å². The van der Waals surface area contributed by atoms with Gasteiger partial charge in [0.1, 0.15) is 5.82 Å². The highest BCUT2D eigenvalue weighted by Crippen LogP contribution is 2.39. The Morgan fingerprint density at radius 1 is 0.828 bits per heavy atom. The van der Waals surface area contributed by atoms with Crippen molar-refractivity contribution in [2.75, 3.05) is 0 Å². The van der Waals surface area contributed by atoms with Gasteiger partial charge in [-0.05, 0) is 52.2 Å². The standard InChI is InChI=1S/C24H15FN2O2/c25-18-7-5-16(6-8-18)21-19-4-2-1-3-17(19)13-20-22(21)24(29)27(23(20)28)14-15-9-11-26-12-10-15/h1-13H,14H2. The molecule has 2 amide bonds. The lowest BCUT2D eigenvalue weighted by Crippen LogP contribution is -2.29. The molecule has 2 heterocycles. The number of nitrogens with zero attached hydrogens (tertiary/aromatic N) is 2. The van der Waals surface area contributed by atoms with Crippen molar-refractivity contribution in [2.45, 2.75) is 6.54 Å². The highest BCUT2D eigenvalue weighted by atomic mass is 19.1. The normalized spacial score (nSPS) is 13.2. The second kappa shape index (κ2) is 6.63. The van der Waals surface area contributed by atoms with Crippen LogP contribution < -0.4 is 0 Å². The van der Waals surface area contributed by atoms with Crippen LogP contribution in [-0.2, 0) is 6.54 Å². The van der Waals surface area contributed by atoms with Crippen molar-refractivity contribution in [2.24, 2.45) is 0 Å². The Bertz CT molecular complexity index is 1270. The highest BCUT2D eigenvalue weighted by Gasteiger charge is 2.38. The zero-order valence-corrected chi connectivity index (χ0v) is 15.3. The van der Waals surface area contributed by atoms with Gasteiger partial charge in [0.05, 0.1) is 17.7 Å². The Hall–Kier alpha value is -3.86. The molecule has 0 saturated heterocycles. The maximum absolute atomic E-state index is 13.5. The second-order valence-electron chi connectivity index (χ2n) is 6.95. The lowest BCUT2D eigenvalue weighted by Gasteiger charge is -2.14. The predicted molar refractivity (Wildman–Crippen MR) is 108 cm³/mol. The summed E-state index contributed by atoms with van der Waals surface area (Å²) in [5.74, 6) is -1.02. The van der Waals surface area contributed by atoms with E-state index < -0.39 is 0 Å². The van der Waals surface area contributed by atoms with Crippen LogP contribution in [0.2, 0.25) is 0 Å². The van der Waals surface area contributed by atoms with Gasteiger partial charge in [0.25, 0.3) is 11.8 Å². The summed E-state index contributed by atoms with van der Waals surface area (Å²) in [7, 11) is 0. The Morgan fingerprint density at radius 3 is 2.31 bits per heavy atom. The van der Waals surface area contributed by atoms with Crippen molar-refractivity contribution in [3.8, 4) is 11.1 Å². The Kier molecular flexibility index (Phi) is 3.95. The third-order valence-electron chi connectivity index (χ3n) is 5.21. The number of hydrogen-bond acceptors (Lipinski definition) is 3. The third kappa shape index (κ3) is 2.79. The van der Waals surface area contributed by atoms with Crippen LogP contribution in [0, 0.1) is 5.82 Å². The van der Waals surface area contributed by atoms with E-state index in [2.05, 4.69) is 4.98 Å². The summed E-state index contributed by atoms with van der Waals surface area (Å²) in [5.41, 5.74) is 2.93. The van der Waals surface area contributed by atoms with Crippen molar-refractivity contribution < 1.29 is 14.0 Å². The zero-order chi connectivity index (χ0) is 20.0. The average Bonchev–Trinajstić information content (AvgIpc) is 2.98. The number of carbonyl (C=O) groups excluding carboxylic acids is 2. The number of hydrogen-bond donors (Lipinski definition) is 0. The number of rotatable bonds is 3. The summed E-state index contributed by atoms with van der Waals surface area (Å²) in [6, 6.07) is 18.9. The van der Waals surface area contributed by atoms with E-state index in [0.29, 0.717) is 22.3 Å². The minimum atomic E-state index is -0.354. The van der Waals surface area contributed by atoms with Crippen LogP contribution in [0.3, 0.4) is 0 Å². The number of pyridine rings is 1. The van der Waals surface area contributed by atoms with Crippen molar-refractivity contribution in [3.05, 3.63) is 102 Å². The molecular formula is C24H15FN2O2. The molecule has 5 rings (SSSR count). The molecule has 140 valence electrons. The van der Waals surface area contributed by atoms with E-state index in [0.717, 1.165) is 16.3 Å². The molecule has 0 bridgehead atoms. The van der Waals surface area contributed by atoms with Crippen LogP contribution >= 0.6 is 0 Å². The van der Waals surface area contributed by atoms with E-state index in [-0.39, 0.29) is 24.2 Å². The van der Waals surface area contributed by atoms with Gasteiger partial charge in [0.15, 0.2) is 0 Å². The minimum Gasteiger partial charge on any atom is -0.270 e. The monoisotopic (exact) mass is 382 g/mol. The molecule has 0 aliphatic carbocycles. The lowest BCUT2D eigenvalue weighted by molar-refractivity contribution is 0.0642. The highest BCUT2D eigenvalue weighted by molar-refractivity contribution is 6.27. The first-order valence-corrected chi connectivity index (χ1v) is 9.20. The van der Waals surface area contributed by atoms with Gasteiger partial charge >= 0.3 is 0 Å². The van der Waals surface area contributed by atoms with Crippen molar-refractivity contribution in [3.63, 3.8) is 0 Å². The fourth-order valence-corrected chi connectivity index (χ4v) is 3.84. The van der Waals surface area contributed by atoms with Crippen molar-refractivity contribution in [1.82, 2.24) is 9.88 Å². The summed E-state index contributed by atoms with van der Waals surface area (Å²) >= 11 is 0. The van der Waals surface area contributed by atoms with E-state index >= 15 is 0 Å². The van der Waals surface area contributed by atoms with Gasteiger partial charge in [0, 0.05) is 18.0 Å². The molecule has 1 aliphatic rings. The number of amides is 2. The van der Waals surface area contributed by atoms with Gasteiger partial charge in [-0.25, -0.2) is 4.39 Å². The molecule has 3 aromatic carbocycles. The van der Waals surface area contributed by atoms with E-state index in [9.17, 15) is 14.0 Å². The fraction of sp³-hybridized carbons (Fsp3) is 0.0417. The predicted octanol–water partition coefficient (Wildman–Crippen LogP) is 4.84. The Morgan fingerprint density at radius 2 is 1.55 bits per heavy atom. The quantitative estimate of drug-likeness (QED) is 0.477. The molecule has 1 aliphatic heterocycles. The molecule has 0 fully saturated rings. The molecule has 0 atom stereocenters. The summed E-state index contributed by atoms with van der Waals surface area (Å²) < 4.78 is 13.5. The first-order valence-electron chi connectivity index (χ1n) is 9.20.